The van der Waals surface area contributed by atoms with E-state index in [9.17, 15) is 19.8 Å². The molecule has 0 fully saturated rings. The van der Waals surface area contributed by atoms with Gasteiger partial charge in [0.25, 0.3) is 0 Å². The second kappa shape index (κ2) is 8.84. The molecule has 2 heterocycles. The minimum Gasteiger partial charge on any atom is -0.508 e. The van der Waals surface area contributed by atoms with E-state index in [0.717, 1.165) is 0 Å². The first-order valence-corrected chi connectivity index (χ1v) is 11.0. The van der Waals surface area contributed by atoms with Gasteiger partial charge in [-0.05, 0) is 30.3 Å². The lowest BCUT2D eigenvalue weighted by Gasteiger charge is -2.28. The Morgan fingerprint density at radius 1 is 0.889 bits per heavy atom. The Bertz CT molecular complexity index is 1550. The zero-order chi connectivity index (χ0) is 25.6. The van der Waals surface area contributed by atoms with Gasteiger partial charge in [0, 0.05) is 34.7 Å². The summed E-state index contributed by atoms with van der Waals surface area (Å²) in [5, 5.41) is 20.2. The highest BCUT2D eigenvalue weighted by Crippen LogP contribution is 2.51. The van der Waals surface area contributed by atoms with Crippen LogP contribution in [-0.2, 0) is 4.79 Å². The first kappa shape index (κ1) is 23.1. The number of carbonyl (C=O) groups excluding carboxylic acids is 1. The van der Waals surface area contributed by atoms with E-state index in [2.05, 4.69) is 0 Å². The van der Waals surface area contributed by atoms with E-state index in [-0.39, 0.29) is 40.4 Å². The van der Waals surface area contributed by atoms with Crippen molar-refractivity contribution in [2.75, 3.05) is 21.3 Å². The van der Waals surface area contributed by atoms with Crippen LogP contribution in [0.4, 0.5) is 0 Å². The summed E-state index contributed by atoms with van der Waals surface area (Å²) in [4.78, 5) is 25.7. The summed E-state index contributed by atoms with van der Waals surface area (Å²) in [7, 11) is 4.45. The molecule has 4 aromatic rings. The fraction of sp³-hybridized carbons (Fsp3) is 0.185. The van der Waals surface area contributed by atoms with E-state index in [0.29, 0.717) is 33.9 Å². The summed E-state index contributed by atoms with van der Waals surface area (Å²) in [5.74, 6) is -0.0785. The molecule has 0 radical (unpaired) electrons. The Labute approximate surface area is 205 Å². The molecular formula is C27H22O9. The summed E-state index contributed by atoms with van der Waals surface area (Å²) in [6.07, 6.45) is -0.0775. The van der Waals surface area contributed by atoms with E-state index in [4.69, 9.17) is 23.4 Å². The lowest BCUT2D eigenvalue weighted by atomic mass is 9.84. The zero-order valence-electron chi connectivity index (χ0n) is 19.7. The van der Waals surface area contributed by atoms with Crippen molar-refractivity contribution in [2.24, 2.45) is 0 Å². The number of esters is 1. The van der Waals surface area contributed by atoms with Gasteiger partial charge in [-0.2, -0.15) is 0 Å². The molecule has 3 aromatic carbocycles. The second-order valence-corrected chi connectivity index (χ2v) is 8.19. The number of hydrogen-bond donors (Lipinski definition) is 2. The fourth-order valence-electron chi connectivity index (χ4n) is 4.59. The van der Waals surface area contributed by atoms with E-state index in [1.54, 1.807) is 24.3 Å². The number of carbonyl (C=O) groups is 1. The highest BCUT2D eigenvalue weighted by molar-refractivity contribution is 5.93. The maximum absolute atomic E-state index is 13.1. The van der Waals surface area contributed by atoms with E-state index >= 15 is 0 Å². The highest BCUT2D eigenvalue weighted by atomic mass is 16.5. The van der Waals surface area contributed by atoms with Crippen molar-refractivity contribution >= 4 is 16.9 Å². The Kier molecular flexibility index (Phi) is 5.68. The van der Waals surface area contributed by atoms with Gasteiger partial charge >= 0.3 is 5.97 Å². The number of rotatable bonds is 5. The maximum Gasteiger partial charge on any atom is 0.312 e. The van der Waals surface area contributed by atoms with Gasteiger partial charge in [0.15, 0.2) is 16.9 Å². The van der Waals surface area contributed by atoms with Crippen molar-refractivity contribution in [3.63, 3.8) is 0 Å². The molecule has 0 saturated carbocycles. The third kappa shape index (κ3) is 3.65. The minimum atomic E-state index is -0.655. The van der Waals surface area contributed by atoms with Gasteiger partial charge in [-0.3, -0.25) is 9.59 Å². The van der Waals surface area contributed by atoms with Crippen molar-refractivity contribution < 1.29 is 38.4 Å². The van der Waals surface area contributed by atoms with Crippen LogP contribution in [0.2, 0.25) is 0 Å². The summed E-state index contributed by atoms with van der Waals surface area (Å²) >= 11 is 0. The van der Waals surface area contributed by atoms with Gasteiger partial charge in [-0.25, -0.2) is 0 Å². The predicted octanol–water partition coefficient (Wildman–Crippen LogP) is 4.34. The molecule has 184 valence electrons. The molecular weight excluding hydrogens is 468 g/mol. The number of ether oxygens (including phenoxy) is 4. The standard InChI is InChI=1S/C27H22O9/c1-32-19-9-8-15(25(33-2)26(19)34-3)16-10-22(31)35-21-12-18(30)24-17(29)11-20(36-27(24)23(16)21)13-4-6-14(28)7-5-13/h4-9,11-12,16,28,30H,10H2,1-3H3/t16-/m0/s1. The van der Waals surface area contributed by atoms with Crippen LogP contribution >= 0.6 is 0 Å². The maximum atomic E-state index is 13.1. The van der Waals surface area contributed by atoms with Crippen molar-refractivity contribution in [2.45, 2.75) is 12.3 Å². The largest absolute Gasteiger partial charge is 0.508 e. The molecule has 1 atom stereocenters. The molecule has 36 heavy (non-hydrogen) atoms. The smallest absolute Gasteiger partial charge is 0.312 e. The fourth-order valence-corrected chi connectivity index (χ4v) is 4.59. The Morgan fingerprint density at radius 3 is 2.28 bits per heavy atom. The average molecular weight is 490 g/mol. The molecule has 0 spiro atoms. The third-order valence-corrected chi connectivity index (χ3v) is 6.19. The topological polar surface area (TPSA) is 125 Å². The number of hydrogen-bond acceptors (Lipinski definition) is 9. The van der Waals surface area contributed by atoms with Gasteiger partial charge in [-0.1, -0.05) is 6.07 Å². The van der Waals surface area contributed by atoms with Gasteiger partial charge in [0.05, 0.1) is 27.8 Å². The molecule has 9 nitrogen and oxygen atoms in total. The van der Waals surface area contributed by atoms with Crippen LogP contribution in [0.25, 0.3) is 22.3 Å². The summed E-state index contributed by atoms with van der Waals surface area (Å²) in [5.41, 5.74) is 1.13. The van der Waals surface area contributed by atoms with Gasteiger partial charge in [-0.15, -0.1) is 0 Å². The summed E-state index contributed by atoms with van der Waals surface area (Å²) < 4.78 is 28.2. The molecule has 0 saturated heterocycles. The quantitative estimate of drug-likeness (QED) is 0.310. The summed E-state index contributed by atoms with van der Waals surface area (Å²) in [6, 6.07) is 12.1. The van der Waals surface area contributed by atoms with Crippen LogP contribution in [0.1, 0.15) is 23.5 Å². The average Bonchev–Trinajstić information content (AvgIpc) is 2.86. The molecule has 2 N–H and O–H groups in total. The molecule has 1 aliphatic heterocycles. The lowest BCUT2D eigenvalue weighted by Crippen LogP contribution is -2.22. The van der Waals surface area contributed by atoms with E-state index in [1.807, 2.05) is 0 Å². The van der Waals surface area contributed by atoms with Gasteiger partial charge < -0.3 is 33.6 Å². The number of aromatic hydroxyl groups is 2. The molecule has 1 aromatic heterocycles. The van der Waals surface area contributed by atoms with E-state index in [1.165, 1.54) is 45.6 Å². The number of methoxy groups -OCH3 is 3. The molecule has 5 rings (SSSR count). The van der Waals surface area contributed by atoms with Crippen molar-refractivity contribution in [1.29, 1.82) is 0 Å². The second-order valence-electron chi connectivity index (χ2n) is 8.19. The molecule has 0 amide bonds. The Balaban J connectivity index is 1.83. The molecule has 0 aliphatic carbocycles. The van der Waals surface area contributed by atoms with Crippen LogP contribution in [0.5, 0.6) is 34.5 Å². The van der Waals surface area contributed by atoms with Crippen molar-refractivity contribution in [1.82, 2.24) is 0 Å². The van der Waals surface area contributed by atoms with Crippen molar-refractivity contribution in [3.05, 3.63) is 69.9 Å². The number of phenols is 2. The number of phenolic OH excluding ortho intramolecular Hbond substituents is 2. The SMILES string of the molecule is COc1ccc([C@@H]2CC(=O)Oc3cc(O)c4c(=O)cc(-c5ccc(O)cc5)oc4c32)c(OC)c1OC. The van der Waals surface area contributed by atoms with Crippen LogP contribution in [-0.4, -0.2) is 37.5 Å². The minimum absolute atomic E-state index is 0.0429. The molecule has 9 heteroatoms. The lowest BCUT2D eigenvalue weighted by molar-refractivity contribution is -0.135. The molecule has 0 bridgehead atoms. The Morgan fingerprint density at radius 2 is 1.61 bits per heavy atom. The first-order valence-electron chi connectivity index (χ1n) is 11.0. The predicted molar refractivity (Wildman–Crippen MR) is 129 cm³/mol. The van der Waals surface area contributed by atoms with Gasteiger partial charge in [0.1, 0.15) is 34.0 Å². The first-order chi connectivity index (χ1) is 17.4. The van der Waals surface area contributed by atoms with Crippen molar-refractivity contribution in [3.8, 4) is 45.8 Å². The normalized spacial score (nSPS) is 14.8. The van der Waals surface area contributed by atoms with E-state index < -0.39 is 17.3 Å². The number of benzene rings is 3. The summed E-state index contributed by atoms with van der Waals surface area (Å²) in [6.45, 7) is 0. The zero-order valence-corrected chi connectivity index (χ0v) is 19.7. The third-order valence-electron chi connectivity index (χ3n) is 6.19. The highest BCUT2D eigenvalue weighted by Gasteiger charge is 2.36. The monoisotopic (exact) mass is 490 g/mol. The Hall–Kier alpha value is -4.66. The van der Waals surface area contributed by atoms with Crippen LogP contribution in [0.15, 0.2) is 57.7 Å². The molecule has 1 aliphatic rings. The van der Waals surface area contributed by atoms with Crippen LogP contribution in [0.3, 0.4) is 0 Å². The van der Waals surface area contributed by atoms with Crippen LogP contribution in [0, 0.1) is 0 Å². The van der Waals surface area contributed by atoms with Gasteiger partial charge in [0.2, 0.25) is 5.75 Å². The van der Waals surface area contributed by atoms with Crippen LogP contribution < -0.4 is 24.4 Å². The molecule has 0 unspecified atom stereocenters. The number of fused-ring (bicyclic) bond motifs is 3.